The van der Waals surface area contributed by atoms with Crippen molar-refractivity contribution in [2.75, 3.05) is 12.4 Å². The number of methoxy groups -OCH3 is 1. The first-order chi connectivity index (χ1) is 13.8. The van der Waals surface area contributed by atoms with Crippen LogP contribution in [0.25, 0.3) is 11.4 Å². The number of nitrogens with one attached hydrogen (secondary N) is 2. The standard InChI is InChI=1S/C16H18N6O5S2/c1-9(2)14(23)19-15-20-21-16(28-15)29(24,25)17-8-12-18-13(22-27-12)10-5-4-6-11(7-10)26-3/h4-7,9,17H,8H2,1-3H3,(H,19,20,23). The van der Waals surface area contributed by atoms with E-state index < -0.39 is 10.0 Å². The highest BCUT2D eigenvalue weighted by Gasteiger charge is 2.22. The molecule has 0 aliphatic carbocycles. The summed E-state index contributed by atoms with van der Waals surface area (Å²) >= 11 is 0.742. The van der Waals surface area contributed by atoms with Gasteiger partial charge in [0.05, 0.1) is 13.7 Å². The van der Waals surface area contributed by atoms with E-state index in [1.54, 1.807) is 45.2 Å². The molecule has 0 bridgehead atoms. The van der Waals surface area contributed by atoms with Crippen LogP contribution in [0.2, 0.25) is 0 Å². The van der Waals surface area contributed by atoms with Crippen LogP contribution in [0.4, 0.5) is 5.13 Å². The summed E-state index contributed by atoms with van der Waals surface area (Å²) in [6.45, 7) is 3.19. The van der Waals surface area contributed by atoms with Gasteiger partial charge in [-0.25, -0.2) is 8.42 Å². The number of amides is 1. The fraction of sp³-hybridized carbons (Fsp3) is 0.312. The van der Waals surface area contributed by atoms with Gasteiger partial charge in [0.2, 0.25) is 27.1 Å². The number of aromatic nitrogens is 4. The molecule has 11 nitrogen and oxygen atoms in total. The van der Waals surface area contributed by atoms with Crippen LogP contribution in [0.5, 0.6) is 5.75 Å². The molecule has 0 unspecified atom stereocenters. The molecule has 3 aromatic rings. The van der Waals surface area contributed by atoms with Gasteiger partial charge in [-0.3, -0.25) is 4.79 Å². The number of ether oxygens (including phenoxy) is 1. The van der Waals surface area contributed by atoms with Crippen LogP contribution in [-0.2, 0) is 21.4 Å². The van der Waals surface area contributed by atoms with Crippen molar-refractivity contribution in [1.29, 1.82) is 0 Å². The van der Waals surface area contributed by atoms with Crippen molar-refractivity contribution >= 4 is 32.4 Å². The van der Waals surface area contributed by atoms with Gasteiger partial charge in [-0.15, -0.1) is 10.2 Å². The molecule has 29 heavy (non-hydrogen) atoms. The average Bonchev–Trinajstić information content (AvgIpc) is 3.36. The van der Waals surface area contributed by atoms with Crippen LogP contribution >= 0.6 is 11.3 Å². The molecule has 0 spiro atoms. The van der Waals surface area contributed by atoms with Gasteiger partial charge < -0.3 is 14.6 Å². The first kappa shape index (κ1) is 20.8. The molecule has 0 aliphatic rings. The van der Waals surface area contributed by atoms with E-state index >= 15 is 0 Å². The molecule has 0 fully saturated rings. The minimum Gasteiger partial charge on any atom is -0.497 e. The predicted molar refractivity (Wildman–Crippen MR) is 104 cm³/mol. The van der Waals surface area contributed by atoms with Crippen molar-refractivity contribution in [2.45, 2.75) is 24.7 Å². The monoisotopic (exact) mass is 438 g/mol. The normalized spacial score (nSPS) is 11.6. The van der Waals surface area contributed by atoms with Gasteiger partial charge in [0.15, 0.2) is 0 Å². The molecule has 2 N–H and O–H groups in total. The van der Waals surface area contributed by atoms with E-state index in [-0.39, 0.29) is 33.7 Å². The van der Waals surface area contributed by atoms with Gasteiger partial charge in [0.1, 0.15) is 5.75 Å². The fourth-order valence-electron chi connectivity index (χ4n) is 2.04. The van der Waals surface area contributed by atoms with Crippen molar-refractivity contribution in [2.24, 2.45) is 5.92 Å². The quantitative estimate of drug-likeness (QED) is 0.501. The molecule has 3 rings (SSSR count). The maximum absolute atomic E-state index is 12.4. The predicted octanol–water partition coefficient (Wildman–Crippen LogP) is 1.67. The number of anilines is 1. The third kappa shape index (κ3) is 5.13. The Morgan fingerprint density at radius 2 is 2.10 bits per heavy atom. The summed E-state index contributed by atoms with van der Waals surface area (Å²) in [5, 5.41) is 13.7. The Morgan fingerprint density at radius 3 is 2.83 bits per heavy atom. The van der Waals surface area contributed by atoms with E-state index in [0.29, 0.717) is 17.1 Å². The SMILES string of the molecule is COc1cccc(-c2noc(CNS(=O)(=O)c3nnc(NC(=O)C(C)C)s3)n2)c1. The second-order valence-corrected chi connectivity index (χ2v) is 9.00. The van der Waals surface area contributed by atoms with Crippen LogP contribution in [0.1, 0.15) is 19.7 Å². The molecular weight excluding hydrogens is 420 g/mol. The summed E-state index contributed by atoms with van der Waals surface area (Å²) in [4.78, 5) is 15.8. The van der Waals surface area contributed by atoms with E-state index in [1.807, 2.05) is 0 Å². The molecule has 0 aliphatic heterocycles. The third-order valence-electron chi connectivity index (χ3n) is 3.60. The van der Waals surface area contributed by atoms with Crippen molar-refractivity contribution in [3.63, 3.8) is 0 Å². The van der Waals surface area contributed by atoms with E-state index in [9.17, 15) is 13.2 Å². The number of nitrogens with zero attached hydrogens (tertiary/aromatic N) is 4. The fourth-order valence-corrected chi connectivity index (χ4v) is 3.96. The largest absolute Gasteiger partial charge is 0.497 e. The Morgan fingerprint density at radius 1 is 1.31 bits per heavy atom. The molecule has 0 radical (unpaired) electrons. The maximum atomic E-state index is 12.4. The number of rotatable bonds is 8. The van der Waals surface area contributed by atoms with Gasteiger partial charge >= 0.3 is 0 Å². The number of hydrogen-bond donors (Lipinski definition) is 2. The smallest absolute Gasteiger partial charge is 0.270 e. The first-order valence-electron chi connectivity index (χ1n) is 8.39. The molecule has 2 aromatic heterocycles. The molecule has 0 saturated carbocycles. The van der Waals surface area contributed by atoms with Crippen molar-refractivity contribution < 1.29 is 22.5 Å². The summed E-state index contributed by atoms with van der Waals surface area (Å²) in [7, 11) is -2.42. The summed E-state index contributed by atoms with van der Waals surface area (Å²) in [5.74, 6) is 0.450. The highest BCUT2D eigenvalue weighted by molar-refractivity contribution is 7.91. The lowest BCUT2D eigenvalue weighted by Crippen LogP contribution is -2.23. The average molecular weight is 438 g/mol. The topological polar surface area (TPSA) is 149 Å². The maximum Gasteiger partial charge on any atom is 0.270 e. The Balaban J connectivity index is 1.66. The molecule has 1 amide bonds. The van der Waals surface area contributed by atoms with Gasteiger partial charge in [0.25, 0.3) is 10.0 Å². The summed E-state index contributed by atoms with van der Waals surface area (Å²) in [6.07, 6.45) is 0. The summed E-state index contributed by atoms with van der Waals surface area (Å²) in [5.41, 5.74) is 0.664. The second-order valence-electron chi connectivity index (χ2n) is 6.09. The van der Waals surface area contributed by atoms with Crippen molar-refractivity contribution in [1.82, 2.24) is 25.1 Å². The Labute approximate surface area is 170 Å². The zero-order chi connectivity index (χ0) is 21.0. The number of benzene rings is 1. The lowest BCUT2D eigenvalue weighted by atomic mass is 10.2. The lowest BCUT2D eigenvalue weighted by molar-refractivity contribution is -0.118. The molecule has 0 atom stereocenters. The van der Waals surface area contributed by atoms with Crippen LogP contribution in [0.3, 0.4) is 0 Å². The Kier molecular flexibility index (Phi) is 6.20. The van der Waals surface area contributed by atoms with Crippen LogP contribution in [0, 0.1) is 5.92 Å². The van der Waals surface area contributed by atoms with Gasteiger partial charge in [-0.05, 0) is 12.1 Å². The van der Waals surface area contributed by atoms with Crippen molar-refractivity contribution in [3.05, 3.63) is 30.2 Å². The number of hydrogen-bond acceptors (Lipinski definition) is 10. The van der Waals surface area contributed by atoms with Gasteiger partial charge in [0, 0.05) is 11.5 Å². The van der Waals surface area contributed by atoms with E-state index in [1.165, 1.54) is 0 Å². The molecule has 154 valence electrons. The third-order valence-corrected chi connectivity index (χ3v) is 6.21. The minimum absolute atomic E-state index is 0.0734. The second kappa shape index (κ2) is 8.63. The van der Waals surface area contributed by atoms with Gasteiger partial charge in [-0.2, -0.15) is 9.71 Å². The first-order valence-corrected chi connectivity index (χ1v) is 10.7. The number of carbonyl (C=O) groups is 1. The number of sulfonamides is 1. The number of carbonyl (C=O) groups excluding carboxylic acids is 1. The summed E-state index contributed by atoms with van der Waals surface area (Å²) < 4.78 is 37.0. The van der Waals surface area contributed by atoms with Gasteiger partial charge in [-0.1, -0.05) is 42.5 Å². The molecule has 0 saturated heterocycles. The zero-order valence-electron chi connectivity index (χ0n) is 15.7. The van der Waals surface area contributed by atoms with Crippen LogP contribution in [-0.4, -0.2) is 41.8 Å². The van der Waals surface area contributed by atoms with E-state index in [4.69, 9.17) is 9.26 Å². The molecule has 1 aromatic carbocycles. The Hall–Kier alpha value is -2.90. The van der Waals surface area contributed by atoms with E-state index in [2.05, 4.69) is 30.4 Å². The van der Waals surface area contributed by atoms with Crippen LogP contribution < -0.4 is 14.8 Å². The highest BCUT2D eigenvalue weighted by atomic mass is 32.2. The molecule has 2 heterocycles. The summed E-state index contributed by atoms with van der Waals surface area (Å²) in [6, 6.07) is 7.05. The van der Waals surface area contributed by atoms with Crippen LogP contribution in [0.15, 0.2) is 33.1 Å². The minimum atomic E-state index is -3.96. The highest BCUT2D eigenvalue weighted by Crippen LogP contribution is 2.22. The zero-order valence-corrected chi connectivity index (χ0v) is 17.4. The molecule has 13 heteroatoms. The Bertz CT molecular complexity index is 1110. The van der Waals surface area contributed by atoms with Crippen molar-refractivity contribution in [3.8, 4) is 17.1 Å². The lowest BCUT2D eigenvalue weighted by Gasteiger charge is -2.02. The molecular formula is C16H18N6O5S2. The van der Waals surface area contributed by atoms with E-state index in [0.717, 1.165) is 11.3 Å².